The first-order valence-electron chi connectivity index (χ1n) is 7.57. The third kappa shape index (κ3) is 3.60. The zero-order valence-electron chi connectivity index (χ0n) is 13.4. The highest BCUT2D eigenvalue weighted by atomic mass is 32.1. The maximum Gasteiger partial charge on any atom is 0.251 e. The Balaban J connectivity index is 1.65. The molecule has 2 amide bonds. The molecule has 0 bridgehead atoms. The molecule has 1 aromatic heterocycles. The van der Waals surface area contributed by atoms with Crippen LogP contribution in [0.2, 0.25) is 0 Å². The molecule has 0 aliphatic carbocycles. The van der Waals surface area contributed by atoms with E-state index in [1.807, 2.05) is 31.2 Å². The maximum atomic E-state index is 12.3. The van der Waals surface area contributed by atoms with Gasteiger partial charge in [-0.3, -0.25) is 9.59 Å². The highest BCUT2D eigenvalue weighted by Crippen LogP contribution is 2.24. The molecule has 6 heteroatoms. The Hall–Kier alpha value is -2.73. The van der Waals surface area contributed by atoms with Gasteiger partial charge in [0.1, 0.15) is 6.04 Å². The van der Waals surface area contributed by atoms with Crippen molar-refractivity contribution in [1.29, 1.82) is 0 Å². The van der Waals surface area contributed by atoms with Crippen LogP contribution in [-0.4, -0.2) is 22.8 Å². The van der Waals surface area contributed by atoms with E-state index in [0.717, 1.165) is 15.2 Å². The van der Waals surface area contributed by atoms with Gasteiger partial charge >= 0.3 is 0 Å². The summed E-state index contributed by atoms with van der Waals surface area (Å²) in [5.41, 5.74) is 2.14. The Labute approximate surface area is 143 Å². The fourth-order valence-corrected chi connectivity index (χ4v) is 3.17. The molecule has 0 aliphatic heterocycles. The predicted octanol–water partition coefficient (Wildman–Crippen LogP) is 3.36. The van der Waals surface area contributed by atoms with Gasteiger partial charge in [0, 0.05) is 11.3 Å². The lowest BCUT2D eigenvalue weighted by Crippen LogP contribution is -2.41. The summed E-state index contributed by atoms with van der Waals surface area (Å²) in [5.74, 6) is -0.536. The third-order valence-corrected chi connectivity index (χ3v) is 4.47. The van der Waals surface area contributed by atoms with Crippen molar-refractivity contribution in [3.05, 3.63) is 59.1 Å². The molecule has 3 rings (SSSR count). The fraction of sp³-hybridized carbons (Fsp3) is 0.167. The summed E-state index contributed by atoms with van der Waals surface area (Å²) < 4.78 is 1.02. The lowest BCUT2D eigenvalue weighted by atomic mass is 10.2. The van der Waals surface area contributed by atoms with E-state index in [0.29, 0.717) is 11.3 Å². The Morgan fingerprint density at radius 1 is 1.12 bits per heavy atom. The van der Waals surface area contributed by atoms with Crippen LogP contribution in [-0.2, 0) is 4.79 Å². The minimum atomic E-state index is -0.642. The van der Waals surface area contributed by atoms with Gasteiger partial charge in [-0.1, -0.05) is 18.2 Å². The first kappa shape index (κ1) is 16.1. The number of nitrogens with one attached hydrogen (secondary N) is 2. The van der Waals surface area contributed by atoms with Gasteiger partial charge in [-0.2, -0.15) is 0 Å². The summed E-state index contributed by atoms with van der Waals surface area (Å²) >= 11 is 1.58. The number of rotatable bonds is 4. The molecule has 122 valence electrons. The first-order chi connectivity index (χ1) is 11.5. The number of aryl methyl sites for hydroxylation is 1. The van der Waals surface area contributed by atoms with E-state index in [1.54, 1.807) is 42.5 Å². The largest absolute Gasteiger partial charge is 0.341 e. The van der Waals surface area contributed by atoms with Gasteiger partial charge in [-0.25, -0.2) is 4.98 Å². The molecule has 0 aliphatic rings. The van der Waals surface area contributed by atoms with Crippen molar-refractivity contribution in [2.45, 2.75) is 19.9 Å². The molecule has 0 saturated heterocycles. The Kier molecular flexibility index (Phi) is 4.57. The molecule has 1 atom stereocenters. The van der Waals surface area contributed by atoms with Crippen LogP contribution >= 0.6 is 11.3 Å². The normalized spacial score (nSPS) is 11.9. The van der Waals surface area contributed by atoms with Crippen molar-refractivity contribution in [3.63, 3.8) is 0 Å². The van der Waals surface area contributed by atoms with Gasteiger partial charge in [0.15, 0.2) is 0 Å². The van der Waals surface area contributed by atoms with Crippen LogP contribution in [0.4, 0.5) is 5.69 Å². The second kappa shape index (κ2) is 6.80. The van der Waals surface area contributed by atoms with Gasteiger partial charge in [0.2, 0.25) is 5.91 Å². The Morgan fingerprint density at radius 3 is 2.62 bits per heavy atom. The van der Waals surface area contributed by atoms with Crippen LogP contribution in [0, 0.1) is 6.92 Å². The summed E-state index contributed by atoms with van der Waals surface area (Å²) in [5, 5.41) is 6.51. The van der Waals surface area contributed by atoms with E-state index in [9.17, 15) is 9.59 Å². The van der Waals surface area contributed by atoms with Crippen LogP contribution in [0.1, 0.15) is 22.3 Å². The van der Waals surface area contributed by atoms with Crippen molar-refractivity contribution in [1.82, 2.24) is 10.3 Å². The summed E-state index contributed by atoms with van der Waals surface area (Å²) in [4.78, 5) is 28.8. The SMILES string of the molecule is Cc1nc2ccc(NC(=O)[C@@H](C)NC(=O)c3ccccc3)cc2s1. The minimum Gasteiger partial charge on any atom is -0.341 e. The second-order valence-electron chi connectivity index (χ2n) is 5.47. The highest BCUT2D eigenvalue weighted by molar-refractivity contribution is 7.18. The minimum absolute atomic E-state index is 0.264. The number of carbonyl (C=O) groups excluding carboxylic acids is 2. The number of hydrogen-bond donors (Lipinski definition) is 2. The van der Waals surface area contributed by atoms with Gasteiger partial charge < -0.3 is 10.6 Å². The van der Waals surface area contributed by atoms with Crippen LogP contribution in [0.5, 0.6) is 0 Å². The maximum absolute atomic E-state index is 12.3. The topological polar surface area (TPSA) is 71.1 Å². The average molecular weight is 339 g/mol. The highest BCUT2D eigenvalue weighted by Gasteiger charge is 2.17. The molecular weight excluding hydrogens is 322 g/mol. The number of aromatic nitrogens is 1. The average Bonchev–Trinajstić information content (AvgIpc) is 2.94. The van der Waals surface area contributed by atoms with Crippen molar-refractivity contribution in [2.75, 3.05) is 5.32 Å². The van der Waals surface area contributed by atoms with Gasteiger partial charge in [-0.15, -0.1) is 11.3 Å². The smallest absolute Gasteiger partial charge is 0.251 e. The molecule has 2 N–H and O–H groups in total. The first-order valence-corrected chi connectivity index (χ1v) is 8.38. The zero-order valence-corrected chi connectivity index (χ0v) is 14.2. The Bertz CT molecular complexity index is 890. The van der Waals surface area contributed by atoms with Crippen molar-refractivity contribution < 1.29 is 9.59 Å². The lowest BCUT2D eigenvalue weighted by molar-refractivity contribution is -0.117. The van der Waals surface area contributed by atoms with Crippen LogP contribution in [0.15, 0.2) is 48.5 Å². The molecular formula is C18H17N3O2S. The standard InChI is InChI=1S/C18H17N3O2S/c1-11(19-18(23)13-6-4-3-5-7-13)17(22)21-14-8-9-15-16(10-14)24-12(2)20-15/h3-11H,1-2H3,(H,19,23)(H,21,22)/t11-/m1/s1. The summed E-state index contributed by atoms with van der Waals surface area (Å²) in [6.07, 6.45) is 0. The van der Waals surface area contributed by atoms with E-state index in [1.165, 1.54) is 0 Å². The molecule has 5 nitrogen and oxygen atoms in total. The molecule has 0 fully saturated rings. The van der Waals surface area contributed by atoms with Crippen LogP contribution in [0.25, 0.3) is 10.2 Å². The summed E-state index contributed by atoms with van der Waals surface area (Å²) in [6.45, 7) is 3.61. The van der Waals surface area contributed by atoms with E-state index in [2.05, 4.69) is 15.6 Å². The molecule has 0 unspecified atom stereocenters. The number of anilines is 1. The van der Waals surface area contributed by atoms with Crippen molar-refractivity contribution in [2.24, 2.45) is 0 Å². The molecule has 1 heterocycles. The number of carbonyl (C=O) groups is 2. The monoisotopic (exact) mass is 339 g/mol. The third-order valence-electron chi connectivity index (χ3n) is 3.54. The van der Waals surface area contributed by atoms with Gasteiger partial charge in [0.25, 0.3) is 5.91 Å². The predicted molar refractivity (Wildman–Crippen MR) is 96.4 cm³/mol. The molecule has 24 heavy (non-hydrogen) atoms. The lowest BCUT2D eigenvalue weighted by Gasteiger charge is -2.14. The molecule has 3 aromatic rings. The number of benzene rings is 2. The van der Waals surface area contributed by atoms with E-state index >= 15 is 0 Å². The fourth-order valence-electron chi connectivity index (χ4n) is 2.30. The number of nitrogens with zero attached hydrogens (tertiary/aromatic N) is 1. The molecule has 0 spiro atoms. The van der Waals surface area contributed by atoms with Crippen LogP contribution < -0.4 is 10.6 Å². The molecule has 0 radical (unpaired) electrons. The van der Waals surface area contributed by atoms with Crippen LogP contribution in [0.3, 0.4) is 0 Å². The van der Waals surface area contributed by atoms with E-state index < -0.39 is 6.04 Å². The van der Waals surface area contributed by atoms with Crippen molar-refractivity contribution in [3.8, 4) is 0 Å². The van der Waals surface area contributed by atoms with Gasteiger partial charge in [-0.05, 0) is 44.2 Å². The van der Waals surface area contributed by atoms with E-state index in [4.69, 9.17) is 0 Å². The Morgan fingerprint density at radius 2 is 1.88 bits per heavy atom. The summed E-state index contributed by atoms with van der Waals surface area (Å²) in [7, 11) is 0. The number of thiazole rings is 1. The summed E-state index contributed by atoms with van der Waals surface area (Å²) in [6, 6.07) is 13.8. The molecule has 0 saturated carbocycles. The number of amides is 2. The quantitative estimate of drug-likeness (QED) is 0.765. The van der Waals surface area contributed by atoms with Crippen molar-refractivity contribution >= 4 is 39.1 Å². The zero-order chi connectivity index (χ0) is 17.1. The van der Waals surface area contributed by atoms with Gasteiger partial charge in [0.05, 0.1) is 15.2 Å². The molecule has 2 aromatic carbocycles. The van der Waals surface area contributed by atoms with E-state index in [-0.39, 0.29) is 11.8 Å². The number of hydrogen-bond acceptors (Lipinski definition) is 4. The number of fused-ring (bicyclic) bond motifs is 1. The second-order valence-corrected chi connectivity index (χ2v) is 6.70.